The van der Waals surface area contributed by atoms with E-state index in [2.05, 4.69) is 16.7 Å². The van der Waals surface area contributed by atoms with Crippen LogP contribution in [0, 0.1) is 0 Å². The lowest BCUT2D eigenvalue weighted by atomic mass is 10.0. The first-order chi connectivity index (χ1) is 8.22. The minimum absolute atomic E-state index is 0.0113. The monoisotopic (exact) mass is 234 g/mol. The molecule has 1 heterocycles. The predicted molar refractivity (Wildman–Crippen MR) is 66.2 cm³/mol. The Bertz CT molecular complexity index is 406. The molecule has 0 saturated carbocycles. The minimum Gasteiger partial charge on any atom is -0.493 e. The molecule has 2 unspecified atom stereocenters. The fourth-order valence-corrected chi connectivity index (χ4v) is 2.03. The molecule has 1 aliphatic rings. The third-order valence-corrected chi connectivity index (χ3v) is 3.11. The van der Waals surface area contributed by atoms with Gasteiger partial charge in [0.2, 0.25) is 5.91 Å². The molecule has 1 amide bonds. The molecule has 0 fully saturated rings. The van der Waals surface area contributed by atoms with Crippen LogP contribution in [0.15, 0.2) is 24.3 Å². The van der Waals surface area contributed by atoms with Crippen LogP contribution in [0.5, 0.6) is 5.75 Å². The Morgan fingerprint density at radius 2 is 2.29 bits per heavy atom. The van der Waals surface area contributed by atoms with Crippen molar-refractivity contribution in [3.63, 3.8) is 0 Å². The highest BCUT2D eigenvalue weighted by molar-refractivity contribution is 5.80. The molecular formula is C13H18N2O2. The van der Waals surface area contributed by atoms with Crippen molar-refractivity contribution in [3.8, 4) is 5.75 Å². The summed E-state index contributed by atoms with van der Waals surface area (Å²) in [6.45, 7) is 3.30. The van der Waals surface area contributed by atoms with E-state index in [-0.39, 0.29) is 11.9 Å². The number of likely N-dealkylation sites (N-methyl/N-ethyl adjacent to an activating group) is 1. The van der Waals surface area contributed by atoms with Crippen LogP contribution in [-0.4, -0.2) is 32.1 Å². The smallest absolute Gasteiger partial charge is 0.236 e. The van der Waals surface area contributed by atoms with Gasteiger partial charge in [0.1, 0.15) is 5.75 Å². The second-order valence-corrected chi connectivity index (χ2v) is 4.29. The number of amides is 1. The van der Waals surface area contributed by atoms with E-state index in [4.69, 9.17) is 4.74 Å². The van der Waals surface area contributed by atoms with E-state index < -0.39 is 0 Å². The molecule has 17 heavy (non-hydrogen) atoms. The van der Waals surface area contributed by atoms with E-state index in [1.807, 2.05) is 25.1 Å². The molecule has 2 atom stereocenters. The summed E-state index contributed by atoms with van der Waals surface area (Å²) in [4.78, 5) is 11.4. The normalized spacial score (nSPS) is 19.3. The molecule has 0 spiro atoms. The summed E-state index contributed by atoms with van der Waals surface area (Å²) in [6, 6.07) is 7.88. The van der Waals surface area contributed by atoms with Crippen LogP contribution in [0.1, 0.15) is 18.4 Å². The zero-order valence-electron chi connectivity index (χ0n) is 10.2. The standard InChI is InChI=1S/C13H18N2O2/c1-9(13(16)14-2)15-7-10-8-17-12-6-4-3-5-11(10)12/h3-6,9-10,15H,7-8H2,1-2H3,(H,14,16). The third kappa shape index (κ3) is 2.58. The van der Waals surface area contributed by atoms with Gasteiger partial charge in [-0.25, -0.2) is 0 Å². The molecule has 92 valence electrons. The molecule has 4 nitrogen and oxygen atoms in total. The van der Waals surface area contributed by atoms with Gasteiger partial charge in [-0.1, -0.05) is 18.2 Å². The van der Waals surface area contributed by atoms with E-state index in [1.54, 1.807) is 7.05 Å². The zero-order chi connectivity index (χ0) is 12.3. The summed E-state index contributed by atoms with van der Waals surface area (Å²) in [7, 11) is 1.65. The van der Waals surface area contributed by atoms with E-state index in [1.165, 1.54) is 5.56 Å². The number of para-hydroxylation sites is 1. The molecular weight excluding hydrogens is 216 g/mol. The number of benzene rings is 1. The molecule has 2 N–H and O–H groups in total. The number of carbonyl (C=O) groups excluding carboxylic acids is 1. The van der Waals surface area contributed by atoms with Crippen molar-refractivity contribution in [3.05, 3.63) is 29.8 Å². The molecule has 0 radical (unpaired) electrons. The Hall–Kier alpha value is -1.55. The maximum absolute atomic E-state index is 11.4. The van der Waals surface area contributed by atoms with Crippen LogP contribution in [-0.2, 0) is 4.79 Å². The highest BCUT2D eigenvalue weighted by Gasteiger charge is 2.24. The number of rotatable bonds is 4. The summed E-state index contributed by atoms with van der Waals surface area (Å²) in [5, 5.41) is 5.85. The Balaban J connectivity index is 1.92. The molecule has 1 aromatic rings. The topological polar surface area (TPSA) is 50.4 Å². The van der Waals surface area contributed by atoms with Crippen molar-refractivity contribution < 1.29 is 9.53 Å². The van der Waals surface area contributed by atoms with Gasteiger partial charge in [-0.05, 0) is 13.0 Å². The van der Waals surface area contributed by atoms with E-state index in [0.29, 0.717) is 12.5 Å². The van der Waals surface area contributed by atoms with Crippen LogP contribution < -0.4 is 15.4 Å². The van der Waals surface area contributed by atoms with Crippen LogP contribution in [0.4, 0.5) is 0 Å². The summed E-state index contributed by atoms with van der Waals surface area (Å²) < 4.78 is 5.59. The molecule has 0 bridgehead atoms. The largest absolute Gasteiger partial charge is 0.493 e. The van der Waals surface area contributed by atoms with Crippen molar-refractivity contribution in [2.24, 2.45) is 0 Å². The summed E-state index contributed by atoms with van der Waals surface area (Å²) >= 11 is 0. The van der Waals surface area contributed by atoms with Gasteiger partial charge in [0.05, 0.1) is 12.6 Å². The Labute approximate surface area is 101 Å². The summed E-state index contributed by atoms with van der Waals surface area (Å²) in [5.41, 5.74) is 1.23. The SMILES string of the molecule is CNC(=O)C(C)NCC1COc2ccccc21. The van der Waals surface area contributed by atoms with Crippen molar-refractivity contribution in [1.82, 2.24) is 10.6 Å². The van der Waals surface area contributed by atoms with Gasteiger partial charge in [0, 0.05) is 25.1 Å². The molecule has 0 aliphatic carbocycles. The quantitative estimate of drug-likeness (QED) is 0.813. The average Bonchev–Trinajstić information content (AvgIpc) is 2.78. The first-order valence-corrected chi connectivity index (χ1v) is 5.89. The van der Waals surface area contributed by atoms with Crippen molar-refractivity contribution in [2.75, 3.05) is 20.2 Å². The zero-order valence-corrected chi connectivity index (χ0v) is 10.2. The van der Waals surface area contributed by atoms with Gasteiger partial charge in [-0.3, -0.25) is 4.79 Å². The molecule has 4 heteroatoms. The average molecular weight is 234 g/mol. The maximum atomic E-state index is 11.4. The minimum atomic E-state index is -0.173. The maximum Gasteiger partial charge on any atom is 0.236 e. The lowest BCUT2D eigenvalue weighted by Gasteiger charge is -2.15. The Morgan fingerprint density at radius 1 is 1.53 bits per heavy atom. The Kier molecular flexibility index (Phi) is 3.64. The third-order valence-electron chi connectivity index (χ3n) is 3.11. The number of nitrogens with one attached hydrogen (secondary N) is 2. The van der Waals surface area contributed by atoms with Gasteiger partial charge in [0.15, 0.2) is 0 Å². The fourth-order valence-electron chi connectivity index (χ4n) is 2.03. The number of carbonyl (C=O) groups is 1. The summed E-state index contributed by atoms with van der Waals surface area (Å²) in [5.74, 6) is 1.31. The van der Waals surface area contributed by atoms with Gasteiger partial charge < -0.3 is 15.4 Å². The number of ether oxygens (including phenoxy) is 1. The number of fused-ring (bicyclic) bond motifs is 1. The first-order valence-electron chi connectivity index (χ1n) is 5.89. The van der Waals surface area contributed by atoms with Crippen molar-refractivity contribution in [1.29, 1.82) is 0 Å². The van der Waals surface area contributed by atoms with Gasteiger partial charge in [-0.2, -0.15) is 0 Å². The molecule has 0 aromatic heterocycles. The molecule has 2 rings (SSSR count). The molecule has 1 aromatic carbocycles. The lowest BCUT2D eigenvalue weighted by molar-refractivity contribution is -0.122. The van der Waals surface area contributed by atoms with Crippen molar-refractivity contribution in [2.45, 2.75) is 18.9 Å². The molecule has 0 saturated heterocycles. The Morgan fingerprint density at radius 3 is 3.06 bits per heavy atom. The highest BCUT2D eigenvalue weighted by atomic mass is 16.5. The first kappa shape index (κ1) is 11.9. The van der Waals surface area contributed by atoms with Crippen LogP contribution in [0.3, 0.4) is 0 Å². The van der Waals surface area contributed by atoms with Crippen LogP contribution in [0.25, 0.3) is 0 Å². The highest BCUT2D eigenvalue weighted by Crippen LogP contribution is 2.32. The van der Waals surface area contributed by atoms with Crippen LogP contribution >= 0.6 is 0 Å². The predicted octanol–water partition coefficient (Wildman–Crippen LogP) is 0.887. The second kappa shape index (κ2) is 5.19. The van der Waals surface area contributed by atoms with Gasteiger partial charge in [0.25, 0.3) is 0 Å². The van der Waals surface area contributed by atoms with E-state index in [9.17, 15) is 4.79 Å². The van der Waals surface area contributed by atoms with E-state index in [0.717, 1.165) is 12.3 Å². The summed E-state index contributed by atoms with van der Waals surface area (Å²) in [6.07, 6.45) is 0. The fraction of sp³-hybridized carbons (Fsp3) is 0.462. The van der Waals surface area contributed by atoms with Crippen LogP contribution in [0.2, 0.25) is 0 Å². The number of hydrogen-bond acceptors (Lipinski definition) is 3. The number of hydrogen-bond donors (Lipinski definition) is 2. The lowest BCUT2D eigenvalue weighted by Crippen LogP contribution is -2.42. The van der Waals surface area contributed by atoms with Crippen molar-refractivity contribution >= 4 is 5.91 Å². The van der Waals surface area contributed by atoms with Gasteiger partial charge in [-0.15, -0.1) is 0 Å². The van der Waals surface area contributed by atoms with Gasteiger partial charge >= 0.3 is 0 Å². The molecule has 1 aliphatic heterocycles. The van der Waals surface area contributed by atoms with E-state index >= 15 is 0 Å². The second-order valence-electron chi connectivity index (χ2n) is 4.29.